The third kappa shape index (κ3) is 2.45. The van der Waals surface area contributed by atoms with Crippen molar-refractivity contribution in [3.8, 4) is 17.2 Å². The average molecular weight is 230 g/mol. The highest BCUT2D eigenvalue weighted by Crippen LogP contribution is 2.21. The summed E-state index contributed by atoms with van der Waals surface area (Å²) in [4.78, 5) is 3.58. The van der Waals surface area contributed by atoms with Crippen molar-refractivity contribution in [2.75, 3.05) is 0 Å². The molecule has 0 radical (unpaired) electrons. The van der Waals surface area contributed by atoms with E-state index in [9.17, 15) is 8.78 Å². The Bertz CT molecular complexity index is 571. The van der Waals surface area contributed by atoms with Crippen molar-refractivity contribution >= 4 is 0 Å². The lowest BCUT2D eigenvalue weighted by atomic mass is 10.1. The highest BCUT2D eigenvalue weighted by molar-refractivity contribution is 5.63. The van der Waals surface area contributed by atoms with Crippen LogP contribution in [-0.2, 0) is 6.42 Å². The van der Waals surface area contributed by atoms with Crippen LogP contribution in [0.25, 0.3) is 11.1 Å². The molecule has 0 aliphatic rings. The fourth-order valence-corrected chi connectivity index (χ4v) is 1.50. The van der Waals surface area contributed by atoms with Gasteiger partial charge in [0.2, 0.25) is 5.95 Å². The van der Waals surface area contributed by atoms with Gasteiger partial charge < -0.3 is 0 Å². The van der Waals surface area contributed by atoms with Crippen molar-refractivity contribution in [1.29, 1.82) is 5.26 Å². The molecule has 4 heteroatoms. The monoisotopic (exact) mass is 230 g/mol. The molecule has 0 atom stereocenters. The highest BCUT2D eigenvalue weighted by Gasteiger charge is 2.06. The zero-order valence-corrected chi connectivity index (χ0v) is 8.82. The molecule has 1 aromatic heterocycles. The predicted octanol–water partition coefficient (Wildman–Crippen LogP) is 3.09. The lowest BCUT2D eigenvalue weighted by Gasteiger charge is -2.03. The van der Waals surface area contributed by atoms with Crippen molar-refractivity contribution in [3.05, 3.63) is 53.9 Å². The number of halogens is 2. The Hall–Kier alpha value is -2.28. The fraction of sp³-hybridized carbons (Fsp3) is 0.0769. The second kappa shape index (κ2) is 4.71. The van der Waals surface area contributed by atoms with Gasteiger partial charge in [0.05, 0.1) is 12.5 Å². The average Bonchev–Trinajstić information content (AvgIpc) is 2.33. The minimum absolute atomic E-state index is 0.0339. The molecule has 0 bridgehead atoms. The normalized spacial score (nSPS) is 9.94. The summed E-state index contributed by atoms with van der Waals surface area (Å²) in [5.41, 5.74) is 1.64. The summed E-state index contributed by atoms with van der Waals surface area (Å²) in [6.07, 6.45) is 1.33. The van der Waals surface area contributed by atoms with Gasteiger partial charge in [-0.05, 0) is 23.8 Å². The number of nitriles is 1. The molecule has 0 saturated heterocycles. The van der Waals surface area contributed by atoms with Gasteiger partial charge in [-0.25, -0.2) is 9.37 Å². The maximum absolute atomic E-state index is 13.2. The zero-order valence-electron chi connectivity index (χ0n) is 8.82. The number of rotatable bonds is 2. The van der Waals surface area contributed by atoms with Crippen molar-refractivity contribution in [2.24, 2.45) is 0 Å². The third-order valence-electron chi connectivity index (χ3n) is 2.36. The van der Waals surface area contributed by atoms with Crippen LogP contribution in [0.2, 0.25) is 0 Å². The van der Waals surface area contributed by atoms with Crippen LogP contribution < -0.4 is 0 Å². The summed E-state index contributed by atoms with van der Waals surface area (Å²) >= 11 is 0. The van der Waals surface area contributed by atoms with Gasteiger partial charge in [0.15, 0.2) is 0 Å². The smallest absolute Gasteiger partial charge is 0.217 e. The summed E-state index contributed by atoms with van der Waals surface area (Å²) < 4.78 is 26.0. The van der Waals surface area contributed by atoms with Gasteiger partial charge in [-0.2, -0.15) is 9.65 Å². The minimum Gasteiger partial charge on any atom is -0.227 e. The summed E-state index contributed by atoms with van der Waals surface area (Å²) in [6, 6.07) is 9.24. The molecule has 2 rings (SSSR count). The second-order valence-electron chi connectivity index (χ2n) is 3.52. The van der Waals surface area contributed by atoms with Gasteiger partial charge in [-0.1, -0.05) is 12.1 Å². The molecule has 17 heavy (non-hydrogen) atoms. The summed E-state index contributed by atoms with van der Waals surface area (Å²) in [5.74, 6) is -0.974. The molecule has 0 aliphatic carbocycles. The first-order valence-corrected chi connectivity index (χ1v) is 4.98. The Morgan fingerprint density at radius 1 is 1.12 bits per heavy atom. The van der Waals surface area contributed by atoms with Crippen molar-refractivity contribution in [3.63, 3.8) is 0 Å². The van der Waals surface area contributed by atoms with Gasteiger partial charge in [-0.15, -0.1) is 0 Å². The van der Waals surface area contributed by atoms with Gasteiger partial charge in [0.1, 0.15) is 5.82 Å². The predicted molar refractivity (Wildman–Crippen MR) is 58.9 cm³/mol. The quantitative estimate of drug-likeness (QED) is 0.743. The summed E-state index contributed by atoms with van der Waals surface area (Å²) in [7, 11) is 0. The van der Waals surface area contributed by atoms with Crippen molar-refractivity contribution in [2.45, 2.75) is 6.42 Å². The van der Waals surface area contributed by atoms with Crippen LogP contribution in [-0.4, -0.2) is 4.98 Å². The van der Waals surface area contributed by atoms with Gasteiger partial charge in [0, 0.05) is 17.3 Å². The maximum atomic E-state index is 13.2. The Balaban J connectivity index is 2.43. The highest BCUT2D eigenvalue weighted by atomic mass is 19.1. The van der Waals surface area contributed by atoms with Crippen LogP contribution in [0.15, 0.2) is 36.5 Å². The van der Waals surface area contributed by atoms with Crippen LogP contribution in [0.1, 0.15) is 5.56 Å². The van der Waals surface area contributed by atoms with Crippen LogP contribution in [0.5, 0.6) is 0 Å². The zero-order chi connectivity index (χ0) is 12.3. The van der Waals surface area contributed by atoms with E-state index in [1.165, 1.54) is 18.3 Å². The Labute approximate surface area is 97.2 Å². The summed E-state index contributed by atoms with van der Waals surface area (Å²) in [6.45, 7) is 0. The van der Waals surface area contributed by atoms with Crippen molar-refractivity contribution in [1.82, 2.24) is 4.98 Å². The Morgan fingerprint density at radius 2 is 1.82 bits per heavy atom. The van der Waals surface area contributed by atoms with Gasteiger partial charge >= 0.3 is 0 Å². The molecule has 84 valence electrons. The molecule has 1 heterocycles. The van der Waals surface area contributed by atoms with E-state index < -0.39 is 5.95 Å². The SMILES string of the molecule is N#CCc1cc(-c2ccc(F)cc2)cnc1F. The molecule has 0 spiro atoms. The van der Waals surface area contributed by atoms with E-state index >= 15 is 0 Å². The van der Waals surface area contributed by atoms with Crippen LogP contribution in [0.3, 0.4) is 0 Å². The molecule has 0 fully saturated rings. The number of benzene rings is 1. The molecule has 2 nitrogen and oxygen atoms in total. The first kappa shape index (κ1) is 11.2. The number of aromatic nitrogens is 1. The van der Waals surface area contributed by atoms with E-state index in [1.54, 1.807) is 18.2 Å². The Morgan fingerprint density at radius 3 is 2.47 bits per heavy atom. The molecule has 0 amide bonds. The molecule has 0 aliphatic heterocycles. The largest absolute Gasteiger partial charge is 0.227 e. The minimum atomic E-state index is -0.641. The second-order valence-corrected chi connectivity index (χ2v) is 3.52. The summed E-state index contributed by atoms with van der Waals surface area (Å²) in [5, 5.41) is 8.55. The van der Waals surface area contributed by atoms with Gasteiger partial charge in [-0.3, -0.25) is 0 Å². The number of pyridine rings is 1. The van der Waals surface area contributed by atoms with Gasteiger partial charge in [0.25, 0.3) is 0 Å². The van der Waals surface area contributed by atoms with Crippen LogP contribution in [0, 0.1) is 23.1 Å². The fourth-order valence-electron chi connectivity index (χ4n) is 1.50. The van der Waals surface area contributed by atoms with E-state index in [-0.39, 0.29) is 17.8 Å². The molecule has 0 unspecified atom stereocenters. The van der Waals surface area contributed by atoms with Crippen LogP contribution >= 0.6 is 0 Å². The van der Waals surface area contributed by atoms with Crippen LogP contribution in [0.4, 0.5) is 8.78 Å². The maximum Gasteiger partial charge on any atom is 0.217 e. The molecule has 0 saturated carbocycles. The first-order chi connectivity index (χ1) is 8.20. The topological polar surface area (TPSA) is 36.7 Å². The molecular formula is C13H8F2N2. The standard InChI is InChI=1S/C13H8F2N2/c14-12-3-1-9(2-4-12)11-7-10(5-6-16)13(15)17-8-11/h1-4,7-8H,5H2. The van der Waals surface area contributed by atoms with E-state index in [2.05, 4.69) is 4.98 Å². The first-order valence-electron chi connectivity index (χ1n) is 4.98. The number of nitrogens with zero attached hydrogens (tertiary/aromatic N) is 2. The molecular weight excluding hydrogens is 222 g/mol. The van der Waals surface area contributed by atoms with E-state index in [0.29, 0.717) is 5.56 Å². The Kier molecular flexibility index (Phi) is 3.10. The van der Waals surface area contributed by atoms with E-state index in [4.69, 9.17) is 5.26 Å². The van der Waals surface area contributed by atoms with Crippen molar-refractivity contribution < 1.29 is 8.78 Å². The number of hydrogen-bond donors (Lipinski definition) is 0. The molecule has 1 aromatic carbocycles. The molecule has 0 N–H and O–H groups in total. The lowest BCUT2D eigenvalue weighted by Crippen LogP contribution is -1.94. The lowest BCUT2D eigenvalue weighted by molar-refractivity contribution is 0.571. The van der Waals surface area contributed by atoms with E-state index in [0.717, 1.165) is 5.56 Å². The molecule has 2 aromatic rings. The third-order valence-corrected chi connectivity index (χ3v) is 2.36. The number of hydrogen-bond acceptors (Lipinski definition) is 2. The van der Waals surface area contributed by atoms with E-state index in [1.807, 2.05) is 6.07 Å².